The average molecular weight is 362 g/mol. The maximum Gasteiger partial charge on any atom is 0.258 e. The fourth-order valence-electron chi connectivity index (χ4n) is 2.27. The van der Waals surface area contributed by atoms with Gasteiger partial charge in [-0.2, -0.15) is 0 Å². The van der Waals surface area contributed by atoms with Crippen molar-refractivity contribution in [2.24, 2.45) is 0 Å². The number of ether oxygens (including phenoxy) is 1. The standard InChI is InChI=1S/C14H18BrClN2O2/c1-9-6-11(4-5-17-9)18-14(19)8-20-13-3-2-10(15)7-12(13)16/h2-3,7,9,11,17H,4-6,8H2,1H3,(H,18,19). The van der Waals surface area contributed by atoms with Crippen molar-refractivity contribution in [3.05, 3.63) is 27.7 Å². The lowest BCUT2D eigenvalue weighted by molar-refractivity contribution is -0.124. The molecule has 4 nitrogen and oxygen atoms in total. The zero-order chi connectivity index (χ0) is 14.5. The third kappa shape index (κ3) is 4.65. The molecule has 2 atom stereocenters. The zero-order valence-corrected chi connectivity index (χ0v) is 13.6. The molecule has 0 bridgehead atoms. The number of halogens is 2. The highest BCUT2D eigenvalue weighted by atomic mass is 79.9. The molecule has 0 spiro atoms. The van der Waals surface area contributed by atoms with Gasteiger partial charge in [0, 0.05) is 16.6 Å². The number of hydrogen-bond donors (Lipinski definition) is 2. The number of rotatable bonds is 4. The SMILES string of the molecule is CC1CC(NC(=O)COc2ccc(Br)cc2Cl)CCN1. The molecule has 1 amide bonds. The van der Waals surface area contributed by atoms with Crippen molar-refractivity contribution in [3.8, 4) is 5.75 Å². The summed E-state index contributed by atoms with van der Waals surface area (Å²) in [6, 6.07) is 5.97. The van der Waals surface area contributed by atoms with Gasteiger partial charge in [-0.05, 0) is 44.5 Å². The lowest BCUT2D eigenvalue weighted by atomic mass is 10.0. The van der Waals surface area contributed by atoms with E-state index in [-0.39, 0.29) is 18.6 Å². The lowest BCUT2D eigenvalue weighted by Gasteiger charge is -2.28. The molecule has 0 aliphatic carbocycles. The Morgan fingerprint density at radius 1 is 1.60 bits per heavy atom. The second-order valence-electron chi connectivity index (χ2n) is 5.01. The van der Waals surface area contributed by atoms with Gasteiger partial charge < -0.3 is 15.4 Å². The van der Waals surface area contributed by atoms with Crippen LogP contribution in [0.15, 0.2) is 22.7 Å². The summed E-state index contributed by atoms with van der Waals surface area (Å²) in [5.41, 5.74) is 0. The molecule has 1 aromatic carbocycles. The molecule has 110 valence electrons. The first kappa shape index (κ1) is 15.6. The summed E-state index contributed by atoms with van der Waals surface area (Å²) >= 11 is 9.35. The first-order chi connectivity index (χ1) is 9.54. The van der Waals surface area contributed by atoms with Crippen molar-refractivity contribution in [3.63, 3.8) is 0 Å². The molecule has 1 fully saturated rings. The number of amides is 1. The highest BCUT2D eigenvalue weighted by molar-refractivity contribution is 9.10. The Labute approximate surface area is 132 Å². The molecule has 1 aliphatic heterocycles. The van der Waals surface area contributed by atoms with E-state index in [4.69, 9.17) is 16.3 Å². The Morgan fingerprint density at radius 2 is 2.40 bits per heavy atom. The van der Waals surface area contributed by atoms with Crippen LogP contribution in [0.1, 0.15) is 19.8 Å². The Kier molecular flexibility index (Phi) is 5.69. The molecule has 0 radical (unpaired) electrons. The number of benzene rings is 1. The Bertz CT molecular complexity index is 484. The van der Waals surface area contributed by atoms with Gasteiger partial charge in [-0.1, -0.05) is 27.5 Å². The Morgan fingerprint density at radius 3 is 3.10 bits per heavy atom. The number of carbonyl (C=O) groups excluding carboxylic acids is 1. The molecule has 1 heterocycles. The lowest BCUT2D eigenvalue weighted by Crippen LogP contribution is -2.47. The number of carbonyl (C=O) groups is 1. The fourth-order valence-corrected chi connectivity index (χ4v) is 3.00. The van der Waals surface area contributed by atoms with Crippen molar-refractivity contribution >= 4 is 33.4 Å². The molecule has 1 aliphatic rings. The van der Waals surface area contributed by atoms with E-state index in [2.05, 4.69) is 33.5 Å². The first-order valence-electron chi connectivity index (χ1n) is 6.65. The van der Waals surface area contributed by atoms with Gasteiger partial charge in [-0.25, -0.2) is 0 Å². The molecule has 2 rings (SSSR count). The summed E-state index contributed by atoms with van der Waals surface area (Å²) in [5, 5.41) is 6.83. The van der Waals surface area contributed by atoms with Crippen LogP contribution in [0.3, 0.4) is 0 Å². The first-order valence-corrected chi connectivity index (χ1v) is 7.82. The Hall–Kier alpha value is -0.780. The van der Waals surface area contributed by atoms with Gasteiger partial charge in [0.05, 0.1) is 5.02 Å². The molecule has 2 unspecified atom stereocenters. The Balaban J connectivity index is 1.80. The minimum atomic E-state index is -0.108. The van der Waals surface area contributed by atoms with E-state index < -0.39 is 0 Å². The number of nitrogens with one attached hydrogen (secondary N) is 2. The van der Waals surface area contributed by atoms with E-state index in [9.17, 15) is 4.79 Å². The van der Waals surface area contributed by atoms with Crippen LogP contribution in [0.5, 0.6) is 5.75 Å². The smallest absolute Gasteiger partial charge is 0.258 e. The van der Waals surface area contributed by atoms with Gasteiger partial charge in [0.1, 0.15) is 5.75 Å². The van der Waals surface area contributed by atoms with Crippen LogP contribution in [0.2, 0.25) is 5.02 Å². The van der Waals surface area contributed by atoms with Crippen molar-refractivity contribution in [1.82, 2.24) is 10.6 Å². The van der Waals surface area contributed by atoms with E-state index in [0.29, 0.717) is 16.8 Å². The van der Waals surface area contributed by atoms with Crippen LogP contribution in [0, 0.1) is 0 Å². The fraction of sp³-hybridized carbons (Fsp3) is 0.500. The van der Waals surface area contributed by atoms with Crippen molar-refractivity contribution in [2.75, 3.05) is 13.2 Å². The zero-order valence-electron chi connectivity index (χ0n) is 11.3. The molecular weight excluding hydrogens is 344 g/mol. The van der Waals surface area contributed by atoms with Gasteiger partial charge in [0.2, 0.25) is 0 Å². The highest BCUT2D eigenvalue weighted by Crippen LogP contribution is 2.27. The maximum absolute atomic E-state index is 11.9. The second kappa shape index (κ2) is 7.29. The monoisotopic (exact) mass is 360 g/mol. The largest absolute Gasteiger partial charge is 0.482 e. The second-order valence-corrected chi connectivity index (χ2v) is 6.33. The predicted octanol–water partition coefficient (Wildman–Crippen LogP) is 2.74. The van der Waals surface area contributed by atoms with E-state index in [0.717, 1.165) is 23.9 Å². The summed E-state index contributed by atoms with van der Waals surface area (Å²) in [6.07, 6.45) is 1.90. The normalized spacial score (nSPS) is 22.4. The van der Waals surface area contributed by atoms with E-state index in [1.54, 1.807) is 12.1 Å². The van der Waals surface area contributed by atoms with Crippen LogP contribution in [-0.4, -0.2) is 31.1 Å². The van der Waals surface area contributed by atoms with Crippen molar-refractivity contribution in [2.45, 2.75) is 31.8 Å². The van der Waals surface area contributed by atoms with E-state index in [1.807, 2.05) is 6.07 Å². The minimum absolute atomic E-state index is 0.0142. The summed E-state index contributed by atoms with van der Waals surface area (Å²) in [6.45, 7) is 3.04. The van der Waals surface area contributed by atoms with Gasteiger partial charge in [-0.15, -0.1) is 0 Å². The number of hydrogen-bond acceptors (Lipinski definition) is 3. The third-order valence-corrected chi connectivity index (χ3v) is 4.03. The van der Waals surface area contributed by atoms with Gasteiger partial charge in [0.15, 0.2) is 6.61 Å². The molecule has 2 N–H and O–H groups in total. The van der Waals surface area contributed by atoms with Crippen LogP contribution < -0.4 is 15.4 Å². The van der Waals surface area contributed by atoms with Crippen LogP contribution in [0.25, 0.3) is 0 Å². The highest BCUT2D eigenvalue weighted by Gasteiger charge is 2.20. The van der Waals surface area contributed by atoms with Gasteiger partial charge >= 0.3 is 0 Å². The molecule has 0 aromatic heterocycles. The van der Waals surface area contributed by atoms with Crippen LogP contribution >= 0.6 is 27.5 Å². The topological polar surface area (TPSA) is 50.4 Å². The van der Waals surface area contributed by atoms with Crippen molar-refractivity contribution < 1.29 is 9.53 Å². The van der Waals surface area contributed by atoms with E-state index in [1.165, 1.54) is 0 Å². The average Bonchev–Trinajstić information content (AvgIpc) is 2.37. The van der Waals surface area contributed by atoms with E-state index >= 15 is 0 Å². The predicted molar refractivity (Wildman–Crippen MR) is 83.3 cm³/mol. The molecule has 1 aromatic rings. The summed E-state index contributed by atoms with van der Waals surface area (Å²) in [5.74, 6) is 0.409. The quantitative estimate of drug-likeness (QED) is 0.867. The van der Waals surface area contributed by atoms with Gasteiger partial charge in [0.25, 0.3) is 5.91 Å². The molecule has 6 heteroatoms. The summed E-state index contributed by atoms with van der Waals surface area (Å²) in [4.78, 5) is 11.9. The minimum Gasteiger partial charge on any atom is -0.482 e. The summed E-state index contributed by atoms with van der Waals surface area (Å²) < 4.78 is 6.32. The molecule has 0 saturated carbocycles. The van der Waals surface area contributed by atoms with Crippen LogP contribution in [-0.2, 0) is 4.79 Å². The van der Waals surface area contributed by atoms with Gasteiger partial charge in [-0.3, -0.25) is 4.79 Å². The molecular formula is C14H18BrClN2O2. The molecule has 1 saturated heterocycles. The van der Waals surface area contributed by atoms with Crippen molar-refractivity contribution in [1.29, 1.82) is 0 Å². The maximum atomic E-state index is 11.9. The van der Waals surface area contributed by atoms with Crippen LogP contribution in [0.4, 0.5) is 0 Å². The number of piperidine rings is 1. The summed E-state index contributed by atoms with van der Waals surface area (Å²) in [7, 11) is 0. The molecule has 20 heavy (non-hydrogen) atoms. The third-order valence-electron chi connectivity index (χ3n) is 3.24.